The molecule has 0 saturated carbocycles. The van der Waals surface area contributed by atoms with E-state index < -0.39 is 23.9 Å². The first-order valence-corrected chi connectivity index (χ1v) is 9.06. The molecule has 2 saturated heterocycles. The van der Waals surface area contributed by atoms with Crippen molar-refractivity contribution in [2.45, 2.75) is 50.1 Å². The molecule has 3 N–H and O–H groups in total. The van der Waals surface area contributed by atoms with Gasteiger partial charge in [-0.05, 0) is 37.5 Å². The van der Waals surface area contributed by atoms with Crippen LogP contribution in [0.15, 0.2) is 24.3 Å². The van der Waals surface area contributed by atoms with E-state index >= 15 is 0 Å². The van der Waals surface area contributed by atoms with Crippen molar-refractivity contribution in [3.63, 3.8) is 0 Å². The summed E-state index contributed by atoms with van der Waals surface area (Å²) in [7, 11) is 0. The molecule has 0 spiro atoms. The van der Waals surface area contributed by atoms with Crippen molar-refractivity contribution in [3.8, 4) is 0 Å². The van der Waals surface area contributed by atoms with Crippen molar-refractivity contribution in [3.05, 3.63) is 35.6 Å². The Labute approximate surface area is 152 Å². The molecular weight excluding hydrogens is 341 g/mol. The van der Waals surface area contributed by atoms with Crippen molar-refractivity contribution in [1.82, 2.24) is 5.32 Å². The van der Waals surface area contributed by atoms with E-state index in [1.807, 2.05) is 0 Å². The standard InChI is InChI=1S/C19H26FNO5/c1-12-17(22)19(24,11-21-18(23)14-6-8-25-9-7-14)10-16(26-12)13-2-4-15(20)5-3-13/h2-5,12,14,16-17,22,24H,6-11H2,1H3,(H,21,23)/t12-,16-,17-,19-/m1/s1. The van der Waals surface area contributed by atoms with Gasteiger partial charge in [0.15, 0.2) is 0 Å². The molecule has 0 aromatic heterocycles. The zero-order valence-corrected chi connectivity index (χ0v) is 14.9. The topological polar surface area (TPSA) is 88.0 Å². The number of aliphatic hydroxyl groups is 2. The maximum Gasteiger partial charge on any atom is 0.223 e. The minimum Gasteiger partial charge on any atom is -0.387 e. The average molecular weight is 367 g/mol. The van der Waals surface area contributed by atoms with E-state index in [1.165, 1.54) is 12.1 Å². The van der Waals surface area contributed by atoms with Crippen molar-refractivity contribution >= 4 is 5.91 Å². The molecule has 4 atom stereocenters. The summed E-state index contributed by atoms with van der Waals surface area (Å²) in [5.74, 6) is -0.613. The Bertz CT molecular complexity index is 619. The summed E-state index contributed by atoms with van der Waals surface area (Å²) in [5, 5.41) is 24.2. The Kier molecular flexibility index (Phi) is 5.92. The van der Waals surface area contributed by atoms with Gasteiger partial charge < -0.3 is 25.0 Å². The number of carbonyl (C=O) groups excluding carboxylic acids is 1. The van der Waals surface area contributed by atoms with Crippen LogP contribution in [0.3, 0.4) is 0 Å². The zero-order chi connectivity index (χ0) is 18.7. The Morgan fingerprint density at radius 3 is 2.62 bits per heavy atom. The second kappa shape index (κ2) is 8.00. The second-order valence-corrected chi connectivity index (χ2v) is 7.24. The lowest BCUT2D eigenvalue weighted by atomic mass is 9.82. The molecule has 3 rings (SSSR count). The molecule has 0 radical (unpaired) electrons. The van der Waals surface area contributed by atoms with E-state index in [-0.39, 0.29) is 30.6 Å². The molecule has 6 nitrogen and oxygen atoms in total. The van der Waals surface area contributed by atoms with Gasteiger partial charge in [0.2, 0.25) is 5.91 Å². The van der Waals surface area contributed by atoms with Crippen molar-refractivity contribution in [2.75, 3.05) is 19.8 Å². The lowest BCUT2D eigenvalue weighted by Gasteiger charge is -2.44. The van der Waals surface area contributed by atoms with Gasteiger partial charge >= 0.3 is 0 Å². The van der Waals surface area contributed by atoms with E-state index in [4.69, 9.17) is 9.47 Å². The molecule has 144 valence electrons. The van der Waals surface area contributed by atoms with Crippen LogP contribution in [0.4, 0.5) is 4.39 Å². The number of amides is 1. The van der Waals surface area contributed by atoms with E-state index in [0.717, 1.165) is 5.56 Å². The fourth-order valence-corrected chi connectivity index (χ4v) is 3.66. The maximum atomic E-state index is 13.1. The Balaban J connectivity index is 1.66. The number of aliphatic hydroxyl groups excluding tert-OH is 1. The van der Waals surface area contributed by atoms with Crippen molar-refractivity contribution in [2.24, 2.45) is 5.92 Å². The average Bonchev–Trinajstić information content (AvgIpc) is 2.65. The predicted molar refractivity (Wildman–Crippen MR) is 91.8 cm³/mol. The second-order valence-electron chi connectivity index (χ2n) is 7.24. The molecule has 2 aliphatic heterocycles. The van der Waals surface area contributed by atoms with Crippen LogP contribution in [0.1, 0.15) is 37.9 Å². The summed E-state index contributed by atoms with van der Waals surface area (Å²) >= 11 is 0. The van der Waals surface area contributed by atoms with Crippen LogP contribution in [-0.2, 0) is 14.3 Å². The van der Waals surface area contributed by atoms with Crippen LogP contribution in [0.25, 0.3) is 0 Å². The number of halogens is 1. The molecule has 1 amide bonds. The molecule has 1 aromatic rings. The lowest BCUT2D eigenvalue weighted by Crippen LogP contribution is -2.60. The van der Waals surface area contributed by atoms with Crippen LogP contribution >= 0.6 is 0 Å². The lowest BCUT2D eigenvalue weighted by molar-refractivity contribution is -0.211. The van der Waals surface area contributed by atoms with E-state index in [9.17, 15) is 19.4 Å². The van der Waals surface area contributed by atoms with Gasteiger partial charge in [-0.1, -0.05) is 12.1 Å². The number of hydrogen-bond donors (Lipinski definition) is 3. The number of rotatable bonds is 4. The highest BCUT2D eigenvalue weighted by Crippen LogP contribution is 2.37. The summed E-state index contributed by atoms with van der Waals surface area (Å²) in [6.07, 6.45) is -0.815. The number of carbonyl (C=O) groups is 1. The summed E-state index contributed by atoms with van der Waals surface area (Å²) < 4.78 is 24.2. The summed E-state index contributed by atoms with van der Waals surface area (Å²) in [5.41, 5.74) is -0.795. The molecule has 0 bridgehead atoms. The molecule has 26 heavy (non-hydrogen) atoms. The van der Waals surface area contributed by atoms with Crippen molar-refractivity contribution in [1.29, 1.82) is 0 Å². The Morgan fingerprint density at radius 2 is 1.96 bits per heavy atom. The highest BCUT2D eigenvalue weighted by molar-refractivity contribution is 5.78. The largest absolute Gasteiger partial charge is 0.387 e. The fourth-order valence-electron chi connectivity index (χ4n) is 3.66. The van der Waals surface area contributed by atoms with Crippen LogP contribution in [0.2, 0.25) is 0 Å². The fraction of sp³-hybridized carbons (Fsp3) is 0.632. The third-order valence-electron chi connectivity index (χ3n) is 5.32. The Hall–Kier alpha value is -1.54. The third-order valence-corrected chi connectivity index (χ3v) is 5.32. The van der Waals surface area contributed by atoms with Gasteiger partial charge in [-0.3, -0.25) is 4.79 Å². The van der Waals surface area contributed by atoms with Gasteiger partial charge in [-0.2, -0.15) is 0 Å². The van der Waals surface area contributed by atoms with Crippen LogP contribution in [0, 0.1) is 11.7 Å². The normalized spacial score (nSPS) is 33.0. The summed E-state index contributed by atoms with van der Waals surface area (Å²) in [6.45, 7) is 2.73. The highest BCUT2D eigenvalue weighted by atomic mass is 19.1. The van der Waals surface area contributed by atoms with Crippen LogP contribution < -0.4 is 5.32 Å². The van der Waals surface area contributed by atoms with Gasteiger partial charge in [0, 0.05) is 32.1 Å². The maximum absolute atomic E-state index is 13.1. The number of benzene rings is 1. The quantitative estimate of drug-likeness (QED) is 0.747. The smallest absolute Gasteiger partial charge is 0.223 e. The van der Waals surface area contributed by atoms with E-state index in [1.54, 1.807) is 19.1 Å². The first-order valence-electron chi connectivity index (χ1n) is 9.06. The first kappa shape index (κ1) is 19.2. The van der Waals surface area contributed by atoms with Gasteiger partial charge in [0.05, 0.1) is 12.2 Å². The zero-order valence-electron chi connectivity index (χ0n) is 14.9. The summed E-state index contributed by atoms with van der Waals surface area (Å²) in [6, 6.07) is 5.87. The summed E-state index contributed by atoms with van der Waals surface area (Å²) in [4.78, 5) is 12.3. The van der Waals surface area contributed by atoms with Gasteiger partial charge in [0.25, 0.3) is 0 Å². The molecule has 1 aromatic carbocycles. The number of ether oxygens (including phenoxy) is 2. The SMILES string of the molecule is C[C@H]1O[C@@H](c2ccc(F)cc2)C[C@@](O)(CNC(=O)C2CCOCC2)[C@@H]1O. The van der Waals surface area contributed by atoms with Gasteiger partial charge in [-0.15, -0.1) is 0 Å². The molecule has 2 aliphatic rings. The molecule has 0 unspecified atom stereocenters. The van der Waals surface area contributed by atoms with E-state index in [0.29, 0.717) is 26.1 Å². The third kappa shape index (κ3) is 4.23. The highest BCUT2D eigenvalue weighted by Gasteiger charge is 2.47. The minimum atomic E-state index is -1.52. The van der Waals surface area contributed by atoms with E-state index in [2.05, 4.69) is 5.32 Å². The van der Waals surface area contributed by atoms with Gasteiger partial charge in [0.1, 0.15) is 17.5 Å². The predicted octanol–water partition coefficient (Wildman–Crippen LogP) is 1.31. The monoisotopic (exact) mass is 367 g/mol. The minimum absolute atomic E-state index is 0.0598. The number of hydrogen-bond acceptors (Lipinski definition) is 5. The molecule has 2 heterocycles. The Morgan fingerprint density at radius 1 is 1.31 bits per heavy atom. The molecule has 7 heteroatoms. The van der Waals surface area contributed by atoms with Crippen LogP contribution in [-0.4, -0.2) is 53.7 Å². The van der Waals surface area contributed by atoms with Crippen molar-refractivity contribution < 1.29 is 28.9 Å². The number of nitrogens with one attached hydrogen (secondary N) is 1. The van der Waals surface area contributed by atoms with Gasteiger partial charge in [-0.25, -0.2) is 4.39 Å². The van der Waals surface area contributed by atoms with Crippen LogP contribution in [0.5, 0.6) is 0 Å². The molecular formula is C19H26FNO5. The first-order chi connectivity index (χ1) is 12.4. The molecule has 0 aliphatic carbocycles. The molecule has 2 fully saturated rings.